The van der Waals surface area contributed by atoms with Crippen molar-refractivity contribution in [2.45, 2.75) is 51.5 Å². The van der Waals surface area contributed by atoms with E-state index in [1.54, 1.807) is 11.5 Å². The summed E-state index contributed by atoms with van der Waals surface area (Å²) in [4.78, 5) is 7.07. The van der Waals surface area contributed by atoms with Crippen LogP contribution in [0.1, 0.15) is 44.9 Å². The quantitative estimate of drug-likeness (QED) is 0.743. The zero-order valence-corrected chi connectivity index (χ0v) is 11.9. The molecule has 96 valence electrons. The van der Waals surface area contributed by atoms with Gasteiger partial charge in [-0.3, -0.25) is 0 Å². The van der Waals surface area contributed by atoms with Gasteiger partial charge in [-0.05, 0) is 32.1 Å². The molecule has 17 heavy (non-hydrogen) atoms. The summed E-state index contributed by atoms with van der Waals surface area (Å²) in [6, 6.07) is 0.635. The van der Waals surface area contributed by atoms with Gasteiger partial charge in [-0.25, -0.2) is 4.98 Å². The second-order valence-corrected chi connectivity index (χ2v) is 5.67. The average molecular weight is 274 g/mol. The molecule has 0 aliphatic carbocycles. The molecule has 1 atom stereocenters. The van der Waals surface area contributed by atoms with Gasteiger partial charge in [0.05, 0.1) is 0 Å². The molecule has 1 aromatic heterocycles. The molecule has 1 aliphatic rings. The summed E-state index contributed by atoms with van der Waals surface area (Å²) in [5, 5.41) is 1.12. The molecule has 0 saturated carbocycles. The average Bonchev–Trinajstić information content (AvgIpc) is 2.94. The molecule has 0 radical (unpaired) electrons. The SMILES string of the molecule is CCCc1nsc(N2CCCC2CCCCl)n1. The van der Waals surface area contributed by atoms with Crippen LogP contribution in [-0.2, 0) is 6.42 Å². The Bertz CT molecular complexity index is 342. The van der Waals surface area contributed by atoms with E-state index >= 15 is 0 Å². The first kappa shape index (κ1) is 13.1. The molecule has 3 nitrogen and oxygen atoms in total. The van der Waals surface area contributed by atoms with Crippen molar-refractivity contribution in [2.75, 3.05) is 17.3 Å². The van der Waals surface area contributed by atoms with Crippen LogP contribution in [0.15, 0.2) is 0 Å². The third-order valence-corrected chi connectivity index (χ3v) is 4.28. The molecule has 2 heterocycles. The molecule has 0 spiro atoms. The summed E-state index contributed by atoms with van der Waals surface area (Å²) in [6.07, 6.45) is 6.95. The van der Waals surface area contributed by atoms with Crippen LogP contribution in [-0.4, -0.2) is 27.8 Å². The maximum Gasteiger partial charge on any atom is 0.205 e. The smallest absolute Gasteiger partial charge is 0.205 e. The van der Waals surface area contributed by atoms with Crippen LogP contribution in [0.5, 0.6) is 0 Å². The number of anilines is 1. The van der Waals surface area contributed by atoms with Crippen molar-refractivity contribution in [1.82, 2.24) is 9.36 Å². The van der Waals surface area contributed by atoms with Crippen LogP contribution in [0.25, 0.3) is 0 Å². The highest BCUT2D eigenvalue weighted by Crippen LogP contribution is 2.29. The molecule has 1 fully saturated rings. The molecule has 1 unspecified atom stereocenters. The van der Waals surface area contributed by atoms with Crippen LogP contribution >= 0.6 is 23.1 Å². The van der Waals surface area contributed by atoms with Gasteiger partial charge in [0.2, 0.25) is 5.13 Å². The van der Waals surface area contributed by atoms with Gasteiger partial charge in [0.15, 0.2) is 0 Å². The maximum absolute atomic E-state index is 5.78. The standard InChI is InChI=1S/C12H20ClN3S/c1-2-5-11-14-12(17-15-11)16-9-4-7-10(16)6-3-8-13/h10H,2-9H2,1H3. The van der Waals surface area contributed by atoms with Gasteiger partial charge in [-0.1, -0.05) is 6.92 Å². The first-order valence-corrected chi connectivity index (χ1v) is 7.81. The number of hydrogen-bond acceptors (Lipinski definition) is 4. The van der Waals surface area contributed by atoms with E-state index in [4.69, 9.17) is 11.6 Å². The van der Waals surface area contributed by atoms with Crippen molar-refractivity contribution in [2.24, 2.45) is 0 Å². The third-order valence-electron chi connectivity index (χ3n) is 3.22. The van der Waals surface area contributed by atoms with E-state index in [9.17, 15) is 0 Å². The van der Waals surface area contributed by atoms with Crippen molar-refractivity contribution in [3.05, 3.63) is 5.82 Å². The van der Waals surface area contributed by atoms with E-state index in [-0.39, 0.29) is 0 Å². The fourth-order valence-electron chi connectivity index (χ4n) is 2.39. The predicted octanol–water partition coefficient (Wildman–Crippen LogP) is 3.48. The van der Waals surface area contributed by atoms with Crippen molar-refractivity contribution in [3.8, 4) is 0 Å². The number of alkyl halides is 1. The van der Waals surface area contributed by atoms with Crippen LogP contribution in [0.4, 0.5) is 5.13 Å². The Labute approximate surface area is 112 Å². The van der Waals surface area contributed by atoms with E-state index in [1.165, 1.54) is 19.3 Å². The lowest BCUT2D eigenvalue weighted by atomic mass is 10.1. The van der Waals surface area contributed by atoms with Gasteiger partial charge < -0.3 is 4.90 Å². The highest BCUT2D eigenvalue weighted by atomic mass is 35.5. The summed E-state index contributed by atoms with van der Waals surface area (Å²) in [7, 11) is 0. The Kier molecular flexibility index (Phi) is 5.04. The van der Waals surface area contributed by atoms with E-state index < -0.39 is 0 Å². The zero-order chi connectivity index (χ0) is 12.1. The van der Waals surface area contributed by atoms with E-state index in [0.29, 0.717) is 6.04 Å². The number of aryl methyl sites for hydroxylation is 1. The van der Waals surface area contributed by atoms with Crippen molar-refractivity contribution in [1.29, 1.82) is 0 Å². The summed E-state index contributed by atoms with van der Waals surface area (Å²) in [5.41, 5.74) is 0. The van der Waals surface area contributed by atoms with Crippen LogP contribution in [0.2, 0.25) is 0 Å². The molecule has 0 aromatic carbocycles. The molecular formula is C12H20ClN3S. The second kappa shape index (κ2) is 6.55. The summed E-state index contributed by atoms with van der Waals surface area (Å²) in [6.45, 7) is 3.30. The first-order chi connectivity index (χ1) is 8.35. The Morgan fingerprint density at radius 1 is 1.53 bits per heavy atom. The van der Waals surface area contributed by atoms with E-state index in [2.05, 4.69) is 21.2 Å². The van der Waals surface area contributed by atoms with Gasteiger partial charge in [0.25, 0.3) is 0 Å². The number of aromatic nitrogens is 2. The van der Waals surface area contributed by atoms with Gasteiger partial charge in [-0.2, -0.15) is 4.37 Å². The topological polar surface area (TPSA) is 29.0 Å². The lowest BCUT2D eigenvalue weighted by Crippen LogP contribution is -2.29. The lowest BCUT2D eigenvalue weighted by Gasteiger charge is -2.23. The molecule has 1 saturated heterocycles. The lowest BCUT2D eigenvalue weighted by molar-refractivity contribution is 0.601. The summed E-state index contributed by atoms with van der Waals surface area (Å²) < 4.78 is 4.43. The molecule has 5 heteroatoms. The van der Waals surface area contributed by atoms with Crippen molar-refractivity contribution < 1.29 is 0 Å². The first-order valence-electron chi connectivity index (χ1n) is 6.50. The summed E-state index contributed by atoms with van der Waals surface area (Å²) in [5.74, 6) is 1.78. The monoisotopic (exact) mass is 273 g/mol. The number of nitrogens with zero attached hydrogens (tertiary/aromatic N) is 3. The highest BCUT2D eigenvalue weighted by molar-refractivity contribution is 7.09. The van der Waals surface area contributed by atoms with Gasteiger partial charge in [0.1, 0.15) is 5.82 Å². The van der Waals surface area contributed by atoms with Gasteiger partial charge in [0, 0.05) is 36.4 Å². The fourth-order valence-corrected chi connectivity index (χ4v) is 3.35. The second-order valence-electron chi connectivity index (χ2n) is 4.56. The number of hydrogen-bond donors (Lipinski definition) is 0. The predicted molar refractivity (Wildman–Crippen MR) is 74.2 cm³/mol. The van der Waals surface area contributed by atoms with Crippen molar-refractivity contribution >= 4 is 28.3 Å². The van der Waals surface area contributed by atoms with Crippen molar-refractivity contribution in [3.63, 3.8) is 0 Å². The number of halogens is 1. The zero-order valence-electron chi connectivity index (χ0n) is 10.4. The molecule has 2 rings (SSSR count). The fraction of sp³-hybridized carbons (Fsp3) is 0.833. The molecule has 1 aromatic rings. The maximum atomic E-state index is 5.78. The third kappa shape index (κ3) is 3.32. The van der Waals surface area contributed by atoms with E-state index in [0.717, 1.165) is 42.6 Å². The minimum absolute atomic E-state index is 0.635. The molecule has 1 aliphatic heterocycles. The molecular weight excluding hydrogens is 254 g/mol. The van der Waals surface area contributed by atoms with Crippen LogP contribution < -0.4 is 4.90 Å². The Hall–Kier alpha value is -0.350. The Morgan fingerprint density at radius 3 is 3.18 bits per heavy atom. The summed E-state index contributed by atoms with van der Waals surface area (Å²) >= 11 is 7.33. The normalized spacial score (nSPS) is 20.1. The Balaban J connectivity index is 1.98. The van der Waals surface area contributed by atoms with Gasteiger partial charge in [-0.15, -0.1) is 11.6 Å². The highest BCUT2D eigenvalue weighted by Gasteiger charge is 2.26. The molecule has 0 N–H and O–H groups in total. The Morgan fingerprint density at radius 2 is 2.41 bits per heavy atom. The van der Waals surface area contributed by atoms with Gasteiger partial charge >= 0.3 is 0 Å². The minimum atomic E-state index is 0.635. The van der Waals surface area contributed by atoms with E-state index in [1.807, 2.05) is 0 Å². The van der Waals surface area contributed by atoms with Crippen LogP contribution in [0, 0.1) is 0 Å². The largest absolute Gasteiger partial charge is 0.344 e. The number of rotatable bonds is 6. The van der Waals surface area contributed by atoms with Crippen LogP contribution in [0.3, 0.4) is 0 Å². The molecule has 0 amide bonds. The minimum Gasteiger partial charge on any atom is -0.344 e. The molecule has 0 bridgehead atoms.